The zero-order chi connectivity index (χ0) is 27.5. The Morgan fingerprint density at radius 2 is 1.82 bits per heavy atom. The lowest BCUT2D eigenvalue weighted by Crippen LogP contribution is -2.53. The van der Waals surface area contributed by atoms with Gasteiger partial charge in [-0.1, -0.05) is 23.7 Å². The number of carboxylic acid groups (broad SMARTS) is 1. The third kappa shape index (κ3) is 3.87. The van der Waals surface area contributed by atoms with Crippen LogP contribution in [0.25, 0.3) is 11.6 Å². The number of halogens is 1. The lowest BCUT2D eigenvalue weighted by atomic mass is 10.0. The van der Waals surface area contributed by atoms with E-state index >= 15 is 0 Å². The summed E-state index contributed by atoms with van der Waals surface area (Å²) in [6.45, 7) is 3.07. The van der Waals surface area contributed by atoms with Crippen LogP contribution in [0.15, 0.2) is 42.5 Å². The molecule has 3 heterocycles. The van der Waals surface area contributed by atoms with E-state index in [9.17, 15) is 29.8 Å². The molecule has 7 N–H and O–H groups in total. The van der Waals surface area contributed by atoms with Gasteiger partial charge in [0, 0.05) is 27.7 Å². The van der Waals surface area contributed by atoms with Gasteiger partial charge in [0.1, 0.15) is 5.69 Å². The molecule has 0 bridgehead atoms. The molecular weight excluding hydrogens is 516 g/mol. The van der Waals surface area contributed by atoms with Crippen LogP contribution in [0, 0.1) is 13.8 Å². The number of rotatable bonds is 6. The molecule has 13 heteroatoms. The van der Waals surface area contributed by atoms with Crippen molar-refractivity contribution in [1.82, 2.24) is 10.1 Å². The lowest BCUT2D eigenvalue weighted by molar-refractivity contribution is -0.128. The zero-order valence-corrected chi connectivity index (χ0v) is 20.9. The number of hydrogen-bond donors (Lipinski definition) is 6. The molecule has 0 saturated heterocycles. The summed E-state index contributed by atoms with van der Waals surface area (Å²) in [4.78, 5) is 37.6. The predicted octanol–water partition coefficient (Wildman–Crippen LogP) is 2.43. The van der Waals surface area contributed by atoms with Crippen LogP contribution in [-0.4, -0.2) is 43.9 Å². The fraction of sp³-hybridized carbons (Fsp3) is 0.160. The van der Waals surface area contributed by atoms with Gasteiger partial charge in [-0.15, -0.1) is 5.53 Å². The first-order valence-corrected chi connectivity index (χ1v) is 11.8. The molecule has 2 aliphatic heterocycles. The molecule has 196 valence electrons. The molecule has 38 heavy (non-hydrogen) atoms. The van der Waals surface area contributed by atoms with E-state index in [-0.39, 0.29) is 28.1 Å². The maximum absolute atomic E-state index is 12.9. The quantitative estimate of drug-likeness (QED) is 0.258. The van der Waals surface area contributed by atoms with Crippen LogP contribution in [0.1, 0.15) is 39.0 Å². The van der Waals surface area contributed by atoms with Gasteiger partial charge in [-0.3, -0.25) is 19.8 Å². The average molecular weight is 539 g/mol. The summed E-state index contributed by atoms with van der Waals surface area (Å²) in [7, 11) is 0. The molecule has 0 aliphatic carbocycles. The number of aliphatic hydroxyl groups excluding tert-OH is 1. The van der Waals surface area contributed by atoms with Gasteiger partial charge in [-0.05, 0) is 55.8 Å². The molecule has 12 nitrogen and oxygen atoms in total. The van der Waals surface area contributed by atoms with Gasteiger partial charge in [0.15, 0.2) is 12.3 Å². The highest BCUT2D eigenvalue weighted by atomic mass is 35.5. The zero-order valence-electron chi connectivity index (χ0n) is 20.1. The highest BCUT2D eigenvalue weighted by Gasteiger charge is 2.41. The number of hydrazine groups is 2. The van der Waals surface area contributed by atoms with Crippen molar-refractivity contribution in [3.8, 4) is 0 Å². The number of nitrogens with two attached hydrogens (primary N) is 1. The molecule has 2 amide bonds. The number of para-hydroxylation sites is 2. The standard InChI is InChI=1S/C25H23ClN6O6/c1-11-19(10-15-14-9-13(26)7-8-16(14)28-23(15)35)30(12(2)20(11)25(36)37)24(21(33)22(27)34)31-17-5-3-4-6-18(17)32(38)29-31/h3-10,21,24,29,33,38H,1-2H3,(H2,27,34)(H,28,35)(H,36,37). The monoisotopic (exact) mass is 538 g/mol. The SMILES string of the molecule is Cc1c(C(=O)O)c(C)n(C(C(O)C(N)=O)N2NN(O)c3ccccc32)c1C=C1C(=O)Nc2ccc(Cl)cc21. The fourth-order valence-electron chi connectivity index (χ4n) is 4.96. The molecule has 0 radical (unpaired) electrons. The number of carboxylic acids is 1. The van der Waals surface area contributed by atoms with Crippen LogP contribution in [0.2, 0.25) is 5.02 Å². The smallest absolute Gasteiger partial charge is 0.337 e. The van der Waals surface area contributed by atoms with Gasteiger partial charge < -0.3 is 25.8 Å². The predicted molar refractivity (Wildman–Crippen MR) is 139 cm³/mol. The van der Waals surface area contributed by atoms with Crippen molar-refractivity contribution in [2.75, 3.05) is 15.5 Å². The Bertz CT molecular complexity index is 1550. The van der Waals surface area contributed by atoms with Crippen LogP contribution >= 0.6 is 11.6 Å². The normalized spacial score (nSPS) is 16.9. The number of nitrogens with one attached hydrogen (secondary N) is 2. The van der Waals surface area contributed by atoms with Crippen molar-refractivity contribution < 1.29 is 29.8 Å². The molecule has 5 rings (SSSR count). The number of primary amides is 1. The first kappa shape index (κ1) is 25.3. The van der Waals surface area contributed by atoms with Gasteiger partial charge in [0.2, 0.25) is 5.91 Å². The van der Waals surface area contributed by atoms with E-state index in [1.165, 1.54) is 22.6 Å². The minimum atomic E-state index is -1.88. The van der Waals surface area contributed by atoms with Crippen molar-refractivity contribution >= 4 is 58.1 Å². The number of aromatic nitrogens is 1. The number of aromatic carboxylic acids is 1. The molecule has 2 atom stereocenters. The fourth-order valence-corrected chi connectivity index (χ4v) is 5.13. The van der Waals surface area contributed by atoms with Crippen LogP contribution in [-0.2, 0) is 9.59 Å². The number of benzene rings is 2. The summed E-state index contributed by atoms with van der Waals surface area (Å²) in [6, 6.07) is 11.5. The Morgan fingerprint density at radius 1 is 1.13 bits per heavy atom. The second kappa shape index (κ2) is 9.19. The first-order valence-electron chi connectivity index (χ1n) is 11.4. The van der Waals surface area contributed by atoms with Gasteiger partial charge in [-0.25, -0.2) is 4.79 Å². The molecule has 3 aromatic rings. The minimum absolute atomic E-state index is 0.0865. The van der Waals surface area contributed by atoms with Crippen molar-refractivity contribution in [2.45, 2.75) is 26.1 Å². The molecule has 1 aromatic heterocycles. The second-order valence-electron chi connectivity index (χ2n) is 8.88. The number of hydrogen-bond acceptors (Lipinski definition) is 8. The van der Waals surface area contributed by atoms with Gasteiger partial charge in [-0.2, -0.15) is 5.17 Å². The van der Waals surface area contributed by atoms with Crippen LogP contribution in [0.4, 0.5) is 17.1 Å². The van der Waals surface area contributed by atoms with Crippen molar-refractivity contribution in [3.05, 3.63) is 75.6 Å². The van der Waals surface area contributed by atoms with Gasteiger partial charge in [0.05, 0.1) is 16.8 Å². The number of amides is 2. The third-order valence-electron chi connectivity index (χ3n) is 6.68. The van der Waals surface area contributed by atoms with E-state index < -0.39 is 30.1 Å². The maximum atomic E-state index is 12.9. The van der Waals surface area contributed by atoms with E-state index in [1.54, 1.807) is 49.4 Å². The van der Waals surface area contributed by atoms with E-state index in [0.717, 1.165) is 0 Å². The molecule has 0 saturated carbocycles. The topological polar surface area (TPSA) is 173 Å². The van der Waals surface area contributed by atoms with Gasteiger partial charge >= 0.3 is 5.97 Å². The van der Waals surface area contributed by atoms with Crippen molar-refractivity contribution in [2.24, 2.45) is 5.73 Å². The highest BCUT2D eigenvalue weighted by Crippen LogP contribution is 2.41. The second-order valence-corrected chi connectivity index (χ2v) is 9.32. The Hall–Kier alpha value is -4.36. The number of carbonyl (C=O) groups is 3. The van der Waals surface area contributed by atoms with E-state index in [0.29, 0.717) is 32.8 Å². The molecule has 2 unspecified atom stereocenters. The summed E-state index contributed by atoms with van der Waals surface area (Å²) in [6.07, 6.45) is -1.79. The minimum Gasteiger partial charge on any atom is -0.478 e. The van der Waals surface area contributed by atoms with E-state index in [4.69, 9.17) is 17.3 Å². The molecule has 2 aliphatic rings. The van der Waals surface area contributed by atoms with Crippen LogP contribution < -0.4 is 26.8 Å². The molecule has 0 fully saturated rings. The summed E-state index contributed by atoms with van der Waals surface area (Å²) in [5.41, 5.74) is 10.7. The Balaban J connectivity index is 1.79. The summed E-state index contributed by atoms with van der Waals surface area (Å²) < 4.78 is 1.40. The molecule has 2 aromatic carbocycles. The highest BCUT2D eigenvalue weighted by molar-refractivity contribution is 6.36. The number of carbonyl (C=O) groups excluding carboxylic acids is 2. The van der Waals surface area contributed by atoms with Crippen LogP contribution in [0.3, 0.4) is 0 Å². The van der Waals surface area contributed by atoms with Crippen molar-refractivity contribution in [1.29, 1.82) is 0 Å². The largest absolute Gasteiger partial charge is 0.478 e. The summed E-state index contributed by atoms with van der Waals surface area (Å²) in [5, 5.41) is 36.7. The molecular formula is C25H23ClN6O6. The Morgan fingerprint density at radius 3 is 2.47 bits per heavy atom. The van der Waals surface area contributed by atoms with E-state index in [2.05, 4.69) is 10.9 Å². The van der Waals surface area contributed by atoms with E-state index in [1.807, 2.05) is 0 Å². The molecule has 0 spiro atoms. The Kier molecular flexibility index (Phi) is 6.12. The maximum Gasteiger partial charge on any atom is 0.337 e. The first-order chi connectivity index (χ1) is 18.0. The average Bonchev–Trinajstić information content (AvgIpc) is 3.44. The van der Waals surface area contributed by atoms with Gasteiger partial charge in [0.25, 0.3) is 5.91 Å². The number of aliphatic hydroxyl groups is 1. The van der Waals surface area contributed by atoms with Crippen molar-refractivity contribution in [3.63, 3.8) is 0 Å². The third-order valence-corrected chi connectivity index (χ3v) is 6.91. The lowest BCUT2D eigenvalue weighted by Gasteiger charge is -2.34. The number of nitrogens with zero attached hydrogens (tertiary/aromatic N) is 3. The summed E-state index contributed by atoms with van der Waals surface area (Å²) >= 11 is 6.17. The Labute approximate surface area is 221 Å². The summed E-state index contributed by atoms with van der Waals surface area (Å²) in [5.74, 6) is -2.78. The van der Waals surface area contributed by atoms with Crippen LogP contribution in [0.5, 0.6) is 0 Å². The number of anilines is 3. The number of fused-ring (bicyclic) bond motifs is 2.